The maximum atomic E-state index is 6.04. The maximum Gasteiger partial charge on any atom is 0.143 e. The molecule has 0 atom stereocenters. The van der Waals surface area contributed by atoms with Gasteiger partial charge in [0.25, 0.3) is 0 Å². The number of nitrogens with zero attached hydrogens (tertiary/aromatic N) is 4. The number of hydrogen-bond donors (Lipinski definition) is 2. The first-order valence-electron chi connectivity index (χ1n) is 6.26. The van der Waals surface area contributed by atoms with E-state index in [1.165, 1.54) is 11.0 Å². The molecular formula is C14H14N6O. The fourth-order valence-corrected chi connectivity index (χ4v) is 2.11. The number of hydrogen-bond acceptors (Lipinski definition) is 6. The van der Waals surface area contributed by atoms with Crippen LogP contribution in [0.2, 0.25) is 0 Å². The van der Waals surface area contributed by atoms with Crippen molar-refractivity contribution in [2.45, 2.75) is 0 Å². The van der Waals surface area contributed by atoms with Gasteiger partial charge in [0.1, 0.15) is 12.1 Å². The lowest BCUT2D eigenvalue weighted by atomic mass is 10.0. The molecular weight excluding hydrogens is 268 g/mol. The van der Waals surface area contributed by atoms with E-state index in [2.05, 4.69) is 15.5 Å². The zero-order valence-corrected chi connectivity index (χ0v) is 11.4. The third-order valence-electron chi connectivity index (χ3n) is 3.17. The van der Waals surface area contributed by atoms with Crippen LogP contribution in [0.4, 0.5) is 11.4 Å². The number of anilines is 2. The van der Waals surface area contributed by atoms with Crippen LogP contribution >= 0.6 is 0 Å². The van der Waals surface area contributed by atoms with Gasteiger partial charge in [-0.1, -0.05) is 12.1 Å². The number of ether oxygens (including phenoxy) is 1. The first-order valence-corrected chi connectivity index (χ1v) is 6.26. The third-order valence-corrected chi connectivity index (χ3v) is 3.17. The molecule has 0 unspecified atom stereocenters. The van der Waals surface area contributed by atoms with Crippen LogP contribution in [0.25, 0.3) is 16.8 Å². The highest BCUT2D eigenvalue weighted by Crippen LogP contribution is 2.35. The van der Waals surface area contributed by atoms with E-state index in [9.17, 15) is 0 Å². The Labute approximate surface area is 121 Å². The number of nitrogen functional groups attached to an aromatic ring is 2. The van der Waals surface area contributed by atoms with Crippen molar-refractivity contribution in [1.82, 2.24) is 20.2 Å². The minimum atomic E-state index is 0.526. The lowest BCUT2D eigenvalue weighted by Crippen LogP contribution is -2.02. The second-order valence-electron chi connectivity index (χ2n) is 4.49. The Balaban J connectivity index is 2.18. The summed E-state index contributed by atoms with van der Waals surface area (Å²) in [5.41, 5.74) is 15.5. The zero-order chi connectivity index (χ0) is 14.8. The highest BCUT2D eigenvalue weighted by Gasteiger charge is 2.12. The van der Waals surface area contributed by atoms with Crippen LogP contribution in [-0.4, -0.2) is 27.3 Å². The van der Waals surface area contributed by atoms with Crippen molar-refractivity contribution in [2.75, 3.05) is 18.6 Å². The molecule has 0 aliphatic heterocycles. The number of methoxy groups -OCH3 is 1. The van der Waals surface area contributed by atoms with E-state index in [-0.39, 0.29) is 0 Å². The average Bonchev–Trinajstić information content (AvgIpc) is 3.02. The smallest absolute Gasteiger partial charge is 0.143 e. The van der Waals surface area contributed by atoms with Crippen molar-refractivity contribution < 1.29 is 4.74 Å². The van der Waals surface area contributed by atoms with Gasteiger partial charge in [0.05, 0.1) is 18.5 Å². The van der Waals surface area contributed by atoms with E-state index in [0.717, 1.165) is 11.1 Å². The summed E-state index contributed by atoms with van der Waals surface area (Å²) in [4.78, 5) is 0. The molecule has 0 saturated carbocycles. The van der Waals surface area contributed by atoms with Gasteiger partial charge >= 0.3 is 0 Å². The van der Waals surface area contributed by atoms with Crippen LogP contribution in [0.15, 0.2) is 42.7 Å². The molecule has 7 nitrogen and oxygen atoms in total. The van der Waals surface area contributed by atoms with Crippen molar-refractivity contribution in [2.24, 2.45) is 0 Å². The first kappa shape index (κ1) is 12.9. The summed E-state index contributed by atoms with van der Waals surface area (Å²) < 4.78 is 6.92. The highest BCUT2D eigenvalue weighted by molar-refractivity contribution is 5.78. The number of benzene rings is 2. The van der Waals surface area contributed by atoms with Crippen LogP contribution in [0.3, 0.4) is 0 Å². The molecule has 0 radical (unpaired) electrons. The number of tetrazole rings is 1. The molecule has 106 valence electrons. The van der Waals surface area contributed by atoms with E-state index in [1.54, 1.807) is 13.2 Å². The average molecular weight is 282 g/mol. The molecule has 2 aromatic carbocycles. The Morgan fingerprint density at radius 3 is 2.48 bits per heavy atom. The Morgan fingerprint density at radius 2 is 1.86 bits per heavy atom. The Kier molecular flexibility index (Phi) is 3.15. The fourth-order valence-electron chi connectivity index (χ4n) is 2.11. The van der Waals surface area contributed by atoms with Gasteiger partial charge in [0.2, 0.25) is 0 Å². The maximum absolute atomic E-state index is 6.04. The van der Waals surface area contributed by atoms with Crippen molar-refractivity contribution in [3.63, 3.8) is 0 Å². The summed E-state index contributed by atoms with van der Waals surface area (Å²) in [6.07, 6.45) is 1.49. The first-order chi connectivity index (χ1) is 10.2. The topological polar surface area (TPSA) is 105 Å². The molecule has 0 spiro atoms. The molecule has 4 N–H and O–H groups in total. The van der Waals surface area contributed by atoms with Gasteiger partial charge in [0.15, 0.2) is 0 Å². The molecule has 3 aromatic rings. The zero-order valence-electron chi connectivity index (χ0n) is 11.4. The van der Waals surface area contributed by atoms with Gasteiger partial charge in [-0.15, -0.1) is 5.10 Å². The summed E-state index contributed by atoms with van der Waals surface area (Å²) in [6.45, 7) is 0. The van der Waals surface area contributed by atoms with Crippen LogP contribution < -0.4 is 16.2 Å². The molecule has 0 aliphatic rings. The van der Waals surface area contributed by atoms with Gasteiger partial charge in [0, 0.05) is 17.3 Å². The summed E-state index contributed by atoms with van der Waals surface area (Å²) in [6, 6.07) is 11.2. The van der Waals surface area contributed by atoms with Crippen LogP contribution in [0, 0.1) is 0 Å². The minimum absolute atomic E-state index is 0.526. The predicted molar refractivity (Wildman–Crippen MR) is 80.0 cm³/mol. The lowest BCUT2D eigenvalue weighted by Gasteiger charge is -2.13. The van der Waals surface area contributed by atoms with E-state index in [4.69, 9.17) is 16.2 Å². The van der Waals surface area contributed by atoms with Gasteiger partial charge in [-0.05, 0) is 34.2 Å². The van der Waals surface area contributed by atoms with Crippen LogP contribution in [0.1, 0.15) is 0 Å². The van der Waals surface area contributed by atoms with Crippen molar-refractivity contribution in [3.05, 3.63) is 42.7 Å². The largest absolute Gasteiger partial charge is 0.496 e. The second-order valence-corrected chi connectivity index (χ2v) is 4.49. The molecule has 7 heteroatoms. The van der Waals surface area contributed by atoms with Gasteiger partial charge in [-0.2, -0.15) is 4.68 Å². The van der Waals surface area contributed by atoms with E-state index in [1.807, 2.05) is 30.3 Å². The predicted octanol–water partition coefficient (Wildman–Crippen LogP) is 1.50. The van der Waals surface area contributed by atoms with E-state index >= 15 is 0 Å². The monoisotopic (exact) mass is 282 g/mol. The summed E-state index contributed by atoms with van der Waals surface area (Å²) >= 11 is 0. The van der Waals surface area contributed by atoms with Crippen LogP contribution in [-0.2, 0) is 0 Å². The van der Waals surface area contributed by atoms with E-state index < -0.39 is 0 Å². The molecule has 0 amide bonds. The molecule has 3 rings (SSSR count). The Morgan fingerprint density at radius 1 is 1.10 bits per heavy atom. The van der Waals surface area contributed by atoms with Gasteiger partial charge in [-0.25, -0.2) is 0 Å². The molecule has 1 aromatic heterocycles. The second kappa shape index (κ2) is 5.12. The van der Waals surface area contributed by atoms with Crippen molar-refractivity contribution >= 4 is 11.4 Å². The Bertz CT molecular complexity index is 752. The number of rotatable bonds is 3. The molecule has 0 saturated heterocycles. The molecule has 0 aliphatic carbocycles. The minimum Gasteiger partial charge on any atom is -0.496 e. The number of aromatic nitrogens is 4. The highest BCUT2D eigenvalue weighted by atomic mass is 16.5. The molecule has 21 heavy (non-hydrogen) atoms. The standard InChI is InChI=1S/C14H14N6O/c1-21-14-7-12(16)13(20-8-17-18-19-20)6-11(14)9-2-4-10(15)5-3-9/h2-8H,15-16H2,1H3. The molecule has 0 fully saturated rings. The molecule has 0 bridgehead atoms. The summed E-state index contributed by atoms with van der Waals surface area (Å²) in [5.74, 6) is 0.675. The molecule has 1 heterocycles. The quantitative estimate of drug-likeness (QED) is 0.705. The third kappa shape index (κ3) is 2.36. The van der Waals surface area contributed by atoms with Crippen molar-refractivity contribution in [3.8, 4) is 22.6 Å². The summed E-state index contributed by atoms with van der Waals surface area (Å²) in [5, 5.41) is 11.1. The van der Waals surface area contributed by atoms with Crippen molar-refractivity contribution in [1.29, 1.82) is 0 Å². The number of nitrogens with two attached hydrogens (primary N) is 2. The normalized spacial score (nSPS) is 10.5. The lowest BCUT2D eigenvalue weighted by molar-refractivity contribution is 0.416. The SMILES string of the molecule is COc1cc(N)c(-n2cnnn2)cc1-c1ccc(N)cc1. The Hall–Kier alpha value is -3.09. The van der Waals surface area contributed by atoms with Crippen LogP contribution in [0.5, 0.6) is 5.75 Å². The summed E-state index contributed by atoms with van der Waals surface area (Å²) in [7, 11) is 1.60. The van der Waals surface area contributed by atoms with Gasteiger partial charge < -0.3 is 16.2 Å². The fraction of sp³-hybridized carbons (Fsp3) is 0.0714. The van der Waals surface area contributed by atoms with E-state index in [0.29, 0.717) is 22.8 Å². The van der Waals surface area contributed by atoms with Gasteiger partial charge in [-0.3, -0.25) is 0 Å².